The first-order valence-corrected chi connectivity index (χ1v) is 8.60. The summed E-state index contributed by atoms with van der Waals surface area (Å²) < 4.78 is 7.82. The quantitative estimate of drug-likeness (QED) is 0.523. The molecule has 5 heteroatoms. The first kappa shape index (κ1) is 15.7. The van der Waals surface area contributed by atoms with Crippen molar-refractivity contribution < 1.29 is 4.42 Å². The molecule has 0 bridgehead atoms. The Balaban J connectivity index is 1.66. The van der Waals surface area contributed by atoms with Crippen molar-refractivity contribution in [2.24, 2.45) is 0 Å². The van der Waals surface area contributed by atoms with Crippen LogP contribution in [0.25, 0.3) is 0 Å². The summed E-state index contributed by atoms with van der Waals surface area (Å²) in [4.78, 5) is 5.37. The highest BCUT2D eigenvalue weighted by atomic mass is 32.2. The number of rotatable bonds is 7. The molecule has 1 unspecified atom stereocenters. The molecular weight excluding hydrogens is 306 g/mol. The molecule has 0 spiro atoms. The first-order valence-electron chi connectivity index (χ1n) is 7.72. The van der Waals surface area contributed by atoms with Crippen molar-refractivity contribution in [1.82, 2.24) is 9.55 Å². The number of benzene rings is 1. The Morgan fingerprint density at radius 3 is 2.70 bits per heavy atom. The van der Waals surface area contributed by atoms with E-state index in [4.69, 9.17) is 10.2 Å². The van der Waals surface area contributed by atoms with Crippen molar-refractivity contribution in [3.63, 3.8) is 0 Å². The van der Waals surface area contributed by atoms with Gasteiger partial charge < -0.3 is 14.7 Å². The number of hydrogen-bond donors (Lipinski definition) is 1. The minimum Gasteiger partial charge on any atom is -0.466 e. The fraction of sp³-hybridized carbons (Fsp3) is 0.278. The maximum Gasteiger partial charge on any atom is 0.104 e. The maximum atomic E-state index is 5.77. The molecule has 3 aromatic rings. The minimum atomic E-state index is 0.443. The lowest BCUT2D eigenvalue weighted by atomic mass is 10.2. The van der Waals surface area contributed by atoms with Crippen LogP contribution in [0.2, 0.25) is 0 Å². The fourth-order valence-corrected chi connectivity index (χ4v) is 3.64. The highest BCUT2D eigenvalue weighted by molar-refractivity contribution is 8.00. The normalized spacial score (nSPS) is 12.4. The van der Waals surface area contributed by atoms with Crippen LogP contribution >= 0.6 is 11.8 Å². The number of hydrogen-bond acceptors (Lipinski definition) is 4. The van der Waals surface area contributed by atoms with E-state index in [9.17, 15) is 0 Å². The van der Waals surface area contributed by atoms with E-state index >= 15 is 0 Å². The van der Waals surface area contributed by atoms with Gasteiger partial charge in [0.1, 0.15) is 11.5 Å². The number of furan rings is 1. The van der Waals surface area contributed by atoms with Crippen LogP contribution in [-0.2, 0) is 13.0 Å². The molecule has 2 heterocycles. The number of anilines is 1. The summed E-state index contributed by atoms with van der Waals surface area (Å²) in [5.41, 5.74) is 6.57. The number of aromatic nitrogens is 2. The van der Waals surface area contributed by atoms with Crippen LogP contribution in [0.5, 0.6) is 0 Å². The first-order chi connectivity index (χ1) is 11.2. The van der Waals surface area contributed by atoms with Gasteiger partial charge in [-0.05, 0) is 49.7 Å². The molecule has 120 valence electrons. The third kappa shape index (κ3) is 4.66. The zero-order valence-corrected chi connectivity index (χ0v) is 14.0. The van der Waals surface area contributed by atoms with Crippen molar-refractivity contribution in [3.05, 3.63) is 66.6 Å². The standard InChI is InChI=1S/C18H21N3OS/c1-14-2-5-16(22-14)6-9-18(12-21-11-10-20-13-21)23-17-7-3-15(19)4-8-17/h2-5,7-8,10-11,13,18H,6,9,12,19H2,1H3. The lowest BCUT2D eigenvalue weighted by molar-refractivity contribution is 0.471. The van der Waals surface area contributed by atoms with Gasteiger partial charge in [-0.1, -0.05) is 0 Å². The Kier molecular flexibility index (Phi) is 5.08. The van der Waals surface area contributed by atoms with Gasteiger partial charge in [-0.25, -0.2) is 4.98 Å². The second-order valence-corrected chi connectivity index (χ2v) is 6.99. The molecule has 1 aromatic carbocycles. The Labute approximate surface area is 140 Å². The van der Waals surface area contributed by atoms with Crippen LogP contribution in [0.1, 0.15) is 17.9 Å². The third-order valence-corrected chi connectivity index (χ3v) is 4.93. The van der Waals surface area contributed by atoms with Gasteiger partial charge in [0, 0.05) is 41.2 Å². The zero-order valence-electron chi connectivity index (χ0n) is 13.2. The predicted molar refractivity (Wildman–Crippen MR) is 94.5 cm³/mol. The molecule has 0 saturated carbocycles. The summed E-state index contributed by atoms with van der Waals surface area (Å²) in [5, 5.41) is 0.443. The Bertz CT molecular complexity index is 719. The summed E-state index contributed by atoms with van der Waals surface area (Å²) >= 11 is 1.88. The predicted octanol–water partition coefficient (Wildman–Crippen LogP) is 4.16. The average molecular weight is 327 g/mol. The van der Waals surface area contributed by atoms with E-state index in [0.717, 1.165) is 36.6 Å². The lowest BCUT2D eigenvalue weighted by Gasteiger charge is -2.17. The van der Waals surface area contributed by atoms with Gasteiger partial charge in [-0.3, -0.25) is 0 Å². The number of imidazole rings is 1. The zero-order chi connectivity index (χ0) is 16.1. The van der Waals surface area contributed by atoms with Crippen molar-refractivity contribution in [1.29, 1.82) is 0 Å². The van der Waals surface area contributed by atoms with E-state index in [1.54, 1.807) is 0 Å². The Morgan fingerprint density at radius 1 is 1.22 bits per heavy atom. The molecule has 3 rings (SSSR count). The van der Waals surface area contributed by atoms with E-state index in [0.29, 0.717) is 5.25 Å². The largest absolute Gasteiger partial charge is 0.466 e. The lowest BCUT2D eigenvalue weighted by Crippen LogP contribution is -2.13. The fourth-order valence-electron chi connectivity index (χ4n) is 2.48. The summed E-state index contributed by atoms with van der Waals surface area (Å²) in [6.07, 6.45) is 7.68. The minimum absolute atomic E-state index is 0.443. The second kappa shape index (κ2) is 7.42. The maximum absolute atomic E-state index is 5.77. The third-order valence-electron chi connectivity index (χ3n) is 3.67. The van der Waals surface area contributed by atoms with Crippen molar-refractivity contribution >= 4 is 17.4 Å². The van der Waals surface area contributed by atoms with E-state index in [2.05, 4.69) is 27.8 Å². The SMILES string of the molecule is Cc1ccc(CCC(Cn2ccnc2)Sc2ccc(N)cc2)o1. The number of aryl methyl sites for hydroxylation is 2. The molecule has 1 atom stereocenters. The van der Waals surface area contributed by atoms with Crippen molar-refractivity contribution in [3.8, 4) is 0 Å². The van der Waals surface area contributed by atoms with Gasteiger partial charge in [0.15, 0.2) is 0 Å². The van der Waals surface area contributed by atoms with Gasteiger partial charge in [0.25, 0.3) is 0 Å². The molecular formula is C18H21N3OS. The second-order valence-electron chi connectivity index (χ2n) is 5.62. The van der Waals surface area contributed by atoms with Crippen LogP contribution in [0.4, 0.5) is 5.69 Å². The van der Waals surface area contributed by atoms with Crippen LogP contribution in [0, 0.1) is 6.92 Å². The molecule has 0 amide bonds. The Hall–Kier alpha value is -2.14. The molecule has 4 nitrogen and oxygen atoms in total. The number of thioether (sulfide) groups is 1. The Morgan fingerprint density at radius 2 is 2.04 bits per heavy atom. The topological polar surface area (TPSA) is 57.0 Å². The molecule has 0 radical (unpaired) electrons. The van der Waals surface area contributed by atoms with Crippen LogP contribution < -0.4 is 5.73 Å². The van der Waals surface area contributed by atoms with E-state index in [-0.39, 0.29) is 0 Å². The monoisotopic (exact) mass is 327 g/mol. The molecule has 2 aromatic heterocycles. The van der Waals surface area contributed by atoms with Gasteiger partial charge in [-0.2, -0.15) is 0 Å². The summed E-state index contributed by atoms with van der Waals surface area (Å²) in [6, 6.07) is 12.2. The number of nitrogens with two attached hydrogens (primary N) is 1. The summed E-state index contributed by atoms with van der Waals surface area (Å²) in [6.45, 7) is 2.91. The average Bonchev–Trinajstić information content (AvgIpc) is 3.19. The van der Waals surface area contributed by atoms with Gasteiger partial charge >= 0.3 is 0 Å². The highest BCUT2D eigenvalue weighted by Gasteiger charge is 2.13. The molecule has 2 N–H and O–H groups in total. The highest BCUT2D eigenvalue weighted by Crippen LogP contribution is 2.28. The van der Waals surface area contributed by atoms with Crippen molar-refractivity contribution in [2.45, 2.75) is 36.5 Å². The molecule has 0 fully saturated rings. The molecule has 0 aliphatic carbocycles. The van der Waals surface area contributed by atoms with Crippen LogP contribution in [0.3, 0.4) is 0 Å². The molecule has 0 saturated heterocycles. The van der Waals surface area contributed by atoms with Gasteiger partial charge in [0.2, 0.25) is 0 Å². The number of nitrogens with zero attached hydrogens (tertiary/aromatic N) is 2. The van der Waals surface area contributed by atoms with Crippen molar-refractivity contribution in [2.75, 3.05) is 5.73 Å². The van der Waals surface area contributed by atoms with Gasteiger partial charge in [0.05, 0.1) is 6.33 Å². The number of nitrogen functional groups attached to an aromatic ring is 1. The van der Waals surface area contributed by atoms with E-state index < -0.39 is 0 Å². The van der Waals surface area contributed by atoms with E-state index in [1.807, 2.05) is 55.6 Å². The molecule has 23 heavy (non-hydrogen) atoms. The van der Waals surface area contributed by atoms with Crippen LogP contribution in [-0.4, -0.2) is 14.8 Å². The van der Waals surface area contributed by atoms with E-state index in [1.165, 1.54) is 4.90 Å². The summed E-state index contributed by atoms with van der Waals surface area (Å²) in [7, 11) is 0. The van der Waals surface area contributed by atoms with Crippen LogP contribution in [0.15, 0.2) is 64.4 Å². The molecule has 0 aliphatic heterocycles. The summed E-state index contributed by atoms with van der Waals surface area (Å²) in [5.74, 6) is 2.02. The smallest absolute Gasteiger partial charge is 0.104 e. The molecule has 0 aliphatic rings. The van der Waals surface area contributed by atoms with Gasteiger partial charge in [-0.15, -0.1) is 11.8 Å².